The lowest BCUT2D eigenvalue weighted by molar-refractivity contribution is -0.385. The summed E-state index contributed by atoms with van der Waals surface area (Å²) in [7, 11) is 0. The van der Waals surface area contributed by atoms with E-state index in [1.54, 1.807) is 37.3 Å². The van der Waals surface area contributed by atoms with Crippen LogP contribution in [0, 0.1) is 17.0 Å². The maximum atomic E-state index is 12.3. The number of hydrogen-bond donors (Lipinski definition) is 3. The van der Waals surface area contributed by atoms with Gasteiger partial charge < -0.3 is 15.3 Å². The standard InChI is InChI=1S/C15H12N4O4/c1-8-3-2-4-10(13(8)19(22)23)14(20)16-9-5-6-11-12(7-9)18-15(21)17-11/h2-7H,1H3,(H,16,20)(H2,17,18,21). The second-order valence-electron chi connectivity index (χ2n) is 5.02. The quantitative estimate of drug-likeness (QED) is 0.507. The predicted octanol–water partition coefficient (Wildman–Crippen LogP) is 2.33. The van der Waals surface area contributed by atoms with Crippen molar-refractivity contribution in [3.8, 4) is 0 Å². The van der Waals surface area contributed by atoms with Crippen molar-refractivity contribution < 1.29 is 9.72 Å². The Balaban J connectivity index is 1.96. The summed E-state index contributed by atoms with van der Waals surface area (Å²) < 4.78 is 0. The topological polar surface area (TPSA) is 121 Å². The van der Waals surface area contributed by atoms with Gasteiger partial charge in [-0.15, -0.1) is 0 Å². The summed E-state index contributed by atoms with van der Waals surface area (Å²) in [6.07, 6.45) is 0. The van der Waals surface area contributed by atoms with Gasteiger partial charge in [0.1, 0.15) is 5.56 Å². The molecule has 3 N–H and O–H groups in total. The molecule has 1 amide bonds. The van der Waals surface area contributed by atoms with Gasteiger partial charge in [-0.1, -0.05) is 12.1 Å². The van der Waals surface area contributed by atoms with E-state index in [9.17, 15) is 19.7 Å². The maximum Gasteiger partial charge on any atom is 0.323 e. The van der Waals surface area contributed by atoms with Gasteiger partial charge in [-0.3, -0.25) is 14.9 Å². The molecule has 0 unspecified atom stereocenters. The van der Waals surface area contributed by atoms with Crippen molar-refractivity contribution in [1.82, 2.24) is 9.97 Å². The van der Waals surface area contributed by atoms with Crippen molar-refractivity contribution in [3.63, 3.8) is 0 Å². The van der Waals surface area contributed by atoms with Gasteiger partial charge >= 0.3 is 5.69 Å². The lowest BCUT2D eigenvalue weighted by atomic mass is 10.1. The van der Waals surface area contributed by atoms with E-state index in [0.717, 1.165) is 0 Å². The number of nitro benzene ring substituents is 1. The molecule has 3 aromatic rings. The zero-order valence-corrected chi connectivity index (χ0v) is 12.0. The molecule has 116 valence electrons. The third-order valence-electron chi connectivity index (χ3n) is 3.44. The number of amides is 1. The highest BCUT2D eigenvalue weighted by atomic mass is 16.6. The van der Waals surface area contributed by atoms with Gasteiger partial charge in [-0.25, -0.2) is 4.79 Å². The second kappa shape index (κ2) is 5.41. The molecular weight excluding hydrogens is 300 g/mol. The van der Waals surface area contributed by atoms with Gasteiger partial charge in [-0.05, 0) is 31.2 Å². The molecule has 0 bridgehead atoms. The molecule has 0 aliphatic rings. The van der Waals surface area contributed by atoms with Crippen molar-refractivity contribution in [2.45, 2.75) is 6.92 Å². The first kappa shape index (κ1) is 14.5. The molecule has 2 aromatic carbocycles. The van der Waals surface area contributed by atoms with Gasteiger partial charge in [0.15, 0.2) is 0 Å². The van der Waals surface area contributed by atoms with E-state index in [4.69, 9.17) is 0 Å². The van der Waals surface area contributed by atoms with Crippen LogP contribution in [0.5, 0.6) is 0 Å². The van der Waals surface area contributed by atoms with Crippen molar-refractivity contribution in [1.29, 1.82) is 0 Å². The number of anilines is 1. The highest BCUT2D eigenvalue weighted by molar-refractivity contribution is 6.07. The van der Waals surface area contributed by atoms with Crippen LogP contribution in [-0.4, -0.2) is 20.8 Å². The van der Waals surface area contributed by atoms with Crippen LogP contribution < -0.4 is 11.0 Å². The summed E-state index contributed by atoms with van der Waals surface area (Å²) >= 11 is 0. The lowest BCUT2D eigenvalue weighted by Crippen LogP contribution is -2.14. The number of carbonyl (C=O) groups is 1. The van der Waals surface area contributed by atoms with E-state index in [0.29, 0.717) is 22.3 Å². The summed E-state index contributed by atoms with van der Waals surface area (Å²) in [5, 5.41) is 13.8. The predicted molar refractivity (Wildman–Crippen MR) is 84.7 cm³/mol. The van der Waals surface area contributed by atoms with Gasteiger partial charge in [0.2, 0.25) is 0 Å². The third-order valence-corrected chi connectivity index (χ3v) is 3.44. The summed E-state index contributed by atoms with van der Waals surface area (Å²) in [5.74, 6) is -0.586. The number of aromatic amines is 2. The zero-order chi connectivity index (χ0) is 16.6. The number of nitrogens with one attached hydrogen (secondary N) is 3. The summed E-state index contributed by atoms with van der Waals surface area (Å²) in [6.45, 7) is 1.57. The van der Waals surface area contributed by atoms with Gasteiger partial charge in [0.25, 0.3) is 11.6 Å². The van der Waals surface area contributed by atoms with Crippen LogP contribution in [0.3, 0.4) is 0 Å². The van der Waals surface area contributed by atoms with Gasteiger partial charge in [0, 0.05) is 11.3 Å². The number of benzene rings is 2. The molecule has 3 rings (SSSR count). The molecule has 0 saturated heterocycles. The number of fused-ring (bicyclic) bond motifs is 1. The Morgan fingerprint density at radius 1 is 1.17 bits per heavy atom. The van der Waals surface area contributed by atoms with Crippen molar-refractivity contribution in [2.75, 3.05) is 5.32 Å². The summed E-state index contributed by atoms with van der Waals surface area (Å²) in [5.41, 5.74) is 1.39. The average molecular weight is 312 g/mol. The first-order chi connectivity index (χ1) is 11.0. The monoisotopic (exact) mass is 312 g/mol. The van der Waals surface area contributed by atoms with Crippen LogP contribution in [-0.2, 0) is 0 Å². The first-order valence-electron chi connectivity index (χ1n) is 6.73. The molecule has 0 spiro atoms. The van der Waals surface area contributed by atoms with Gasteiger partial charge in [-0.2, -0.15) is 0 Å². The van der Waals surface area contributed by atoms with Crippen LogP contribution in [0.25, 0.3) is 11.0 Å². The molecule has 0 atom stereocenters. The number of para-hydroxylation sites is 1. The number of rotatable bonds is 3. The van der Waals surface area contributed by atoms with Crippen LogP contribution in [0.4, 0.5) is 11.4 Å². The van der Waals surface area contributed by atoms with E-state index in [1.165, 1.54) is 6.07 Å². The minimum atomic E-state index is -0.586. The molecule has 0 radical (unpaired) electrons. The van der Waals surface area contributed by atoms with E-state index in [-0.39, 0.29) is 16.9 Å². The number of carbonyl (C=O) groups excluding carboxylic acids is 1. The summed E-state index contributed by atoms with van der Waals surface area (Å²) in [6, 6.07) is 9.37. The molecule has 23 heavy (non-hydrogen) atoms. The lowest BCUT2D eigenvalue weighted by Gasteiger charge is -2.07. The Morgan fingerprint density at radius 3 is 2.65 bits per heavy atom. The van der Waals surface area contributed by atoms with Gasteiger partial charge in [0.05, 0.1) is 16.0 Å². The second-order valence-corrected chi connectivity index (χ2v) is 5.02. The molecule has 0 fully saturated rings. The molecule has 1 aromatic heterocycles. The fraction of sp³-hybridized carbons (Fsp3) is 0.0667. The Kier molecular flexibility index (Phi) is 3.41. The van der Waals surface area contributed by atoms with Crippen LogP contribution in [0.2, 0.25) is 0 Å². The molecule has 8 nitrogen and oxygen atoms in total. The number of hydrogen-bond acceptors (Lipinski definition) is 4. The molecule has 0 saturated carbocycles. The van der Waals surface area contributed by atoms with E-state index < -0.39 is 10.8 Å². The Labute approximate surface area is 129 Å². The third kappa shape index (κ3) is 2.69. The molecule has 8 heteroatoms. The Hall–Kier alpha value is -3.42. The largest absolute Gasteiger partial charge is 0.323 e. The smallest absolute Gasteiger partial charge is 0.322 e. The number of nitro groups is 1. The van der Waals surface area contributed by atoms with Crippen LogP contribution in [0.1, 0.15) is 15.9 Å². The highest BCUT2D eigenvalue weighted by Crippen LogP contribution is 2.24. The normalized spacial score (nSPS) is 10.7. The number of aryl methyl sites for hydroxylation is 1. The number of nitrogens with zero attached hydrogens (tertiary/aromatic N) is 1. The fourth-order valence-electron chi connectivity index (χ4n) is 2.39. The molecule has 0 aliphatic heterocycles. The van der Waals surface area contributed by atoms with Crippen molar-refractivity contribution in [2.24, 2.45) is 0 Å². The number of aromatic nitrogens is 2. The SMILES string of the molecule is Cc1cccc(C(=O)Nc2ccc3[nH]c(=O)[nH]c3c2)c1[N+](=O)[O-]. The highest BCUT2D eigenvalue weighted by Gasteiger charge is 2.22. The molecule has 0 aliphatic carbocycles. The maximum absolute atomic E-state index is 12.3. The number of H-pyrrole nitrogens is 2. The molecular formula is C15H12N4O4. The summed E-state index contributed by atoms with van der Waals surface area (Å²) in [4.78, 5) is 39.3. The molecule has 1 heterocycles. The van der Waals surface area contributed by atoms with E-state index >= 15 is 0 Å². The average Bonchev–Trinajstić information content (AvgIpc) is 2.85. The Morgan fingerprint density at radius 2 is 1.91 bits per heavy atom. The zero-order valence-electron chi connectivity index (χ0n) is 12.0. The first-order valence-corrected chi connectivity index (χ1v) is 6.73. The van der Waals surface area contributed by atoms with Crippen LogP contribution in [0.15, 0.2) is 41.2 Å². The fourth-order valence-corrected chi connectivity index (χ4v) is 2.39. The van der Waals surface area contributed by atoms with E-state index in [2.05, 4.69) is 15.3 Å². The minimum Gasteiger partial charge on any atom is -0.322 e. The van der Waals surface area contributed by atoms with Crippen molar-refractivity contribution in [3.05, 3.63) is 68.1 Å². The van der Waals surface area contributed by atoms with E-state index in [1.807, 2.05) is 0 Å². The Bertz CT molecular complexity index is 987. The van der Waals surface area contributed by atoms with Crippen LogP contribution >= 0.6 is 0 Å². The minimum absolute atomic E-state index is 0.0161. The number of imidazole rings is 1. The van der Waals surface area contributed by atoms with Crippen molar-refractivity contribution >= 4 is 28.3 Å².